The highest BCUT2D eigenvalue weighted by Gasteiger charge is 2.18. The van der Waals surface area contributed by atoms with Crippen molar-refractivity contribution in [3.63, 3.8) is 0 Å². The number of hydrogen-bond donors (Lipinski definition) is 0. The van der Waals surface area contributed by atoms with Gasteiger partial charge < -0.3 is 9.30 Å². The van der Waals surface area contributed by atoms with Gasteiger partial charge in [-0.2, -0.15) is 4.68 Å². The fourth-order valence-corrected chi connectivity index (χ4v) is 3.71. The summed E-state index contributed by atoms with van der Waals surface area (Å²) >= 11 is 1.34. The minimum absolute atomic E-state index is 0.0650. The van der Waals surface area contributed by atoms with Crippen LogP contribution in [0.1, 0.15) is 27.3 Å². The number of carbonyl (C=O) groups excluding carboxylic acids is 1. The van der Waals surface area contributed by atoms with Crippen LogP contribution in [0.2, 0.25) is 0 Å². The Labute approximate surface area is 162 Å². The second-order valence-electron chi connectivity index (χ2n) is 6.35. The summed E-state index contributed by atoms with van der Waals surface area (Å²) in [5.74, 6) is 0.344. The molecule has 0 amide bonds. The molecule has 0 fully saturated rings. The van der Waals surface area contributed by atoms with Crippen LogP contribution in [0.15, 0.2) is 35.5 Å². The average molecular weight is 385 g/mol. The molecule has 0 radical (unpaired) electrons. The molecule has 0 bridgehead atoms. The highest BCUT2D eigenvalue weighted by Crippen LogP contribution is 2.22. The summed E-state index contributed by atoms with van der Waals surface area (Å²) in [4.78, 5) is 12.7. The number of ether oxygens (including phenoxy) is 1. The maximum atomic E-state index is 12.7. The smallest absolute Gasteiger partial charge is 0.214 e. The lowest BCUT2D eigenvalue weighted by atomic mass is 10.2. The van der Waals surface area contributed by atoms with E-state index in [-0.39, 0.29) is 11.5 Å². The summed E-state index contributed by atoms with van der Waals surface area (Å²) in [5.41, 5.74) is 4.81. The van der Waals surface area contributed by atoms with Crippen LogP contribution in [0.5, 0.6) is 0 Å². The summed E-state index contributed by atoms with van der Waals surface area (Å²) in [7, 11) is 1.68. The van der Waals surface area contributed by atoms with Crippen molar-refractivity contribution in [3.8, 4) is 5.69 Å². The van der Waals surface area contributed by atoms with E-state index in [2.05, 4.69) is 20.1 Å². The van der Waals surface area contributed by atoms with Gasteiger partial charge in [0.1, 0.15) is 0 Å². The van der Waals surface area contributed by atoms with Crippen LogP contribution in [0.25, 0.3) is 5.69 Å². The molecule has 3 rings (SSSR count). The summed E-state index contributed by atoms with van der Waals surface area (Å²) in [6.45, 7) is 7.35. The monoisotopic (exact) mass is 385 g/mol. The van der Waals surface area contributed by atoms with Crippen LogP contribution in [0, 0.1) is 20.8 Å². The predicted molar refractivity (Wildman–Crippen MR) is 105 cm³/mol. The number of Topliss-reactive ketones (excluding diaryl/α,β-unsaturated/α-hetero) is 1. The first-order valence-electron chi connectivity index (χ1n) is 8.68. The third-order valence-electron chi connectivity index (χ3n) is 4.44. The SMILES string of the molecule is COCCn1c(C)cc(C(=O)CSc2nnnn2-c2ccc(C)cc2)c1C. The zero-order valence-electron chi connectivity index (χ0n) is 16.0. The van der Waals surface area contributed by atoms with Gasteiger partial charge in [0.05, 0.1) is 18.0 Å². The van der Waals surface area contributed by atoms with Crippen molar-refractivity contribution in [2.45, 2.75) is 32.5 Å². The Balaban J connectivity index is 1.72. The molecule has 0 aliphatic heterocycles. The van der Waals surface area contributed by atoms with Crippen molar-refractivity contribution in [1.29, 1.82) is 0 Å². The lowest BCUT2D eigenvalue weighted by molar-refractivity contribution is 0.102. The van der Waals surface area contributed by atoms with E-state index in [1.54, 1.807) is 11.8 Å². The normalized spacial score (nSPS) is 11.1. The quantitative estimate of drug-likeness (QED) is 0.438. The van der Waals surface area contributed by atoms with Crippen molar-refractivity contribution in [1.82, 2.24) is 24.8 Å². The standard InChI is InChI=1S/C19H23N5O2S/c1-13-5-7-16(8-6-13)24-19(20-21-22-24)27-12-18(25)17-11-14(2)23(15(17)3)9-10-26-4/h5-8,11H,9-10,12H2,1-4H3. The first-order valence-corrected chi connectivity index (χ1v) is 9.67. The van der Waals surface area contributed by atoms with Gasteiger partial charge in [0.15, 0.2) is 5.78 Å². The number of hydrogen-bond acceptors (Lipinski definition) is 6. The Kier molecular flexibility index (Phi) is 6.08. The Bertz CT molecular complexity index is 930. The summed E-state index contributed by atoms with van der Waals surface area (Å²) in [5, 5.41) is 12.5. The molecule has 2 aromatic heterocycles. The number of aryl methyl sites for hydroxylation is 2. The van der Waals surface area contributed by atoms with Crippen LogP contribution in [0.3, 0.4) is 0 Å². The highest BCUT2D eigenvalue weighted by atomic mass is 32.2. The Hall–Kier alpha value is -2.45. The zero-order valence-corrected chi connectivity index (χ0v) is 16.8. The molecular weight excluding hydrogens is 362 g/mol. The molecule has 0 atom stereocenters. The largest absolute Gasteiger partial charge is 0.383 e. The Morgan fingerprint density at radius 1 is 1.19 bits per heavy atom. The molecule has 27 heavy (non-hydrogen) atoms. The second-order valence-corrected chi connectivity index (χ2v) is 7.29. The van der Waals surface area contributed by atoms with Crippen LogP contribution >= 0.6 is 11.8 Å². The first-order chi connectivity index (χ1) is 13.0. The van der Waals surface area contributed by atoms with Crippen molar-refractivity contribution >= 4 is 17.5 Å². The number of aromatic nitrogens is 5. The van der Waals surface area contributed by atoms with E-state index in [9.17, 15) is 4.79 Å². The lowest BCUT2D eigenvalue weighted by Gasteiger charge is -2.08. The molecule has 0 aliphatic rings. The minimum Gasteiger partial charge on any atom is -0.383 e. The van der Waals surface area contributed by atoms with E-state index in [0.717, 1.165) is 29.2 Å². The number of ketones is 1. The van der Waals surface area contributed by atoms with E-state index in [4.69, 9.17) is 4.74 Å². The van der Waals surface area contributed by atoms with Gasteiger partial charge in [-0.25, -0.2) is 0 Å². The number of thioether (sulfide) groups is 1. The fourth-order valence-electron chi connectivity index (χ4n) is 2.93. The Morgan fingerprint density at radius 2 is 1.93 bits per heavy atom. The van der Waals surface area contributed by atoms with Crippen LogP contribution in [0.4, 0.5) is 0 Å². The molecule has 0 saturated carbocycles. The van der Waals surface area contributed by atoms with Gasteiger partial charge in [-0.15, -0.1) is 5.10 Å². The Morgan fingerprint density at radius 3 is 2.63 bits per heavy atom. The fraction of sp³-hybridized carbons (Fsp3) is 0.368. The van der Waals surface area contributed by atoms with Crippen LogP contribution < -0.4 is 0 Å². The van der Waals surface area contributed by atoms with E-state index < -0.39 is 0 Å². The van der Waals surface area contributed by atoms with E-state index >= 15 is 0 Å². The van der Waals surface area contributed by atoms with Crippen molar-refractivity contribution in [2.24, 2.45) is 0 Å². The average Bonchev–Trinajstić information content (AvgIpc) is 3.23. The maximum absolute atomic E-state index is 12.7. The molecule has 8 heteroatoms. The predicted octanol–water partition coefficient (Wildman–Crippen LogP) is 3.01. The first kappa shape index (κ1) is 19.3. The number of benzene rings is 1. The van der Waals surface area contributed by atoms with Gasteiger partial charge in [0.25, 0.3) is 0 Å². The molecule has 0 aliphatic carbocycles. The van der Waals surface area contributed by atoms with Crippen molar-refractivity contribution < 1.29 is 9.53 Å². The van der Waals surface area contributed by atoms with Gasteiger partial charge in [-0.3, -0.25) is 4.79 Å². The zero-order chi connectivity index (χ0) is 19.4. The molecule has 0 saturated heterocycles. The molecule has 0 unspecified atom stereocenters. The van der Waals surface area contributed by atoms with Crippen LogP contribution in [-0.2, 0) is 11.3 Å². The summed E-state index contributed by atoms with van der Waals surface area (Å²) in [6, 6.07) is 9.87. The highest BCUT2D eigenvalue weighted by molar-refractivity contribution is 7.99. The topological polar surface area (TPSA) is 74.8 Å². The second kappa shape index (κ2) is 8.49. The maximum Gasteiger partial charge on any atom is 0.214 e. The molecule has 7 nitrogen and oxygen atoms in total. The third kappa shape index (κ3) is 4.28. The summed E-state index contributed by atoms with van der Waals surface area (Å²) < 4.78 is 8.91. The van der Waals surface area contributed by atoms with Gasteiger partial charge in [-0.05, 0) is 49.4 Å². The van der Waals surface area contributed by atoms with Gasteiger partial charge in [-0.1, -0.05) is 29.5 Å². The minimum atomic E-state index is 0.0650. The molecular formula is C19H23N5O2S. The third-order valence-corrected chi connectivity index (χ3v) is 5.36. The molecule has 2 heterocycles. The number of methoxy groups -OCH3 is 1. The van der Waals surface area contributed by atoms with Gasteiger partial charge >= 0.3 is 0 Å². The molecule has 142 valence electrons. The van der Waals surface area contributed by atoms with Crippen molar-refractivity contribution in [2.75, 3.05) is 19.5 Å². The van der Waals surface area contributed by atoms with Gasteiger partial charge in [0, 0.05) is 30.6 Å². The number of tetrazole rings is 1. The van der Waals surface area contributed by atoms with E-state index in [1.807, 2.05) is 51.1 Å². The molecule has 0 N–H and O–H groups in total. The van der Waals surface area contributed by atoms with E-state index in [0.29, 0.717) is 11.8 Å². The summed E-state index contributed by atoms with van der Waals surface area (Å²) in [6.07, 6.45) is 0. The van der Waals surface area contributed by atoms with Crippen LogP contribution in [-0.4, -0.2) is 50.0 Å². The van der Waals surface area contributed by atoms with Gasteiger partial charge in [0.2, 0.25) is 5.16 Å². The molecule has 3 aromatic rings. The number of nitrogens with zero attached hydrogens (tertiary/aromatic N) is 5. The van der Waals surface area contributed by atoms with Crippen molar-refractivity contribution in [3.05, 3.63) is 52.8 Å². The van der Waals surface area contributed by atoms with E-state index in [1.165, 1.54) is 17.3 Å². The number of rotatable bonds is 8. The number of carbonyl (C=O) groups is 1. The molecule has 0 spiro atoms. The lowest BCUT2D eigenvalue weighted by Crippen LogP contribution is -2.10. The molecule has 1 aromatic carbocycles.